The van der Waals surface area contributed by atoms with E-state index < -0.39 is 0 Å². The summed E-state index contributed by atoms with van der Waals surface area (Å²) in [6, 6.07) is 3.14. The van der Waals surface area contributed by atoms with Crippen molar-refractivity contribution in [3.63, 3.8) is 0 Å². The average Bonchev–Trinajstić information content (AvgIpc) is 2.75. The Labute approximate surface area is 91.9 Å². The van der Waals surface area contributed by atoms with Crippen molar-refractivity contribution in [3.8, 4) is 17.3 Å². The van der Waals surface area contributed by atoms with Gasteiger partial charge in [-0.1, -0.05) is 5.16 Å². The normalized spacial score (nSPS) is 10.6. The summed E-state index contributed by atoms with van der Waals surface area (Å²) in [6.07, 6.45) is 2.11. The maximum atomic E-state index is 9.53. The largest absolute Gasteiger partial charge is 0.505 e. The fraction of sp³-hybridized carbons (Fsp3) is 0.300. The van der Waals surface area contributed by atoms with Crippen molar-refractivity contribution in [1.29, 1.82) is 0 Å². The van der Waals surface area contributed by atoms with Gasteiger partial charge in [-0.25, -0.2) is 4.98 Å². The Morgan fingerprint density at radius 1 is 1.50 bits per heavy atom. The minimum absolute atomic E-state index is 0.0180. The van der Waals surface area contributed by atoms with Gasteiger partial charge in [0.2, 0.25) is 0 Å². The number of hydrogen-bond donors (Lipinski definition) is 1. The third kappa shape index (κ3) is 2.17. The molecule has 0 aliphatic heterocycles. The molecule has 0 unspecified atom stereocenters. The van der Waals surface area contributed by atoms with Gasteiger partial charge in [0.05, 0.1) is 6.61 Å². The SMILES string of the molecule is COCCc1noc(-c2ncccc2O)n1. The lowest BCUT2D eigenvalue weighted by atomic mass is 10.3. The lowest BCUT2D eigenvalue weighted by Gasteiger charge is -1.95. The fourth-order valence-electron chi connectivity index (χ4n) is 1.21. The van der Waals surface area contributed by atoms with Crippen LogP contribution < -0.4 is 0 Å². The highest BCUT2D eigenvalue weighted by Gasteiger charge is 2.13. The van der Waals surface area contributed by atoms with Gasteiger partial charge in [-0.2, -0.15) is 4.98 Å². The fourth-order valence-corrected chi connectivity index (χ4v) is 1.21. The number of aromatic hydroxyl groups is 1. The number of pyridine rings is 1. The number of ether oxygens (including phenoxy) is 1. The Kier molecular flexibility index (Phi) is 3.11. The lowest BCUT2D eigenvalue weighted by Crippen LogP contribution is -1.96. The van der Waals surface area contributed by atoms with Crippen molar-refractivity contribution in [2.24, 2.45) is 0 Å². The highest BCUT2D eigenvalue weighted by Crippen LogP contribution is 2.24. The van der Waals surface area contributed by atoms with Crippen LogP contribution in [0.3, 0.4) is 0 Å². The topological polar surface area (TPSA) is 81.3 Å². The molecule has 0 aliphatic rings. The summed E-state index contributed by atoms with van der Waals surface area (Å²) in [6.45, 7) is 0.521. The van der Waals surface area contributed by atoms with Crippen molar-refractivity contribution in [3.05, 3.63) is 24.2 Å². The summed E-state index contributed by atoms with van der Waals surface area (Å²) in [5.74, 6) is 0.760. The second-order valence-electron chi connectivity index (χ2n) is 3.13. The van der Waals surface area contributed by atoms with Crippen LogP contribution in [0.5, 0.6) is 5.75 Å². The second kappa shape index (κ2) is 4.71. The molecule has 0 atom stereocenters. The second-order valence-corrected chi connectivity index (χ2v) is 3.13. The molecule has 0 radical (unpaired) electrons. The van der Waals surface area contributed by atoms with Crippen LogP contribution in [0.15, 0.2) is 22.9 Å². The maximum Gasteiger partial charge on any atom is 0.280 e. The molecule has 6 heteroatoms. The molecular formula is C10H11N3O3. The predicted octanol–water partition coefficient (Wildman–Crippen LogP) is 1.03. The molecule has 16 heavy (non-hydrogen) atoms. The number of aromatic nitrogens is 3. The molecule has 0 aliphatic carbocycles. The first kappa shape index (κ1) is 10.6. The molecule has 2 aromatic rings. The van der Waals surface area contributed by atoms with E-state index in [9.17, 15) is 5.11 Å². The first-order valence-electron chi connectivity index (χ1n) is 4.77. The zero-order valence-corrected chi connectivity index (χ0v) is 8.75. The summed E-state index contributed by atoms with van der Waals surface area (Å²) in [5.41, 5.74) is 0.290. The molecule has 84 valence electrons. The van der Waals surface area contributed by atoms with Crippen molar-refractivity contribution in [1.82, 2.24) is 15.1 Å². The van der Waals surface area contributed by atoms with E-state index in [1.165, 1.54) is 6.07 Å². The zero-order chi connectivity index (χ0) is 11.4. The van der Waals surface area contributed by atoms with Gasteiger partial charge in [-0.15, -0.1) is 0 Å². The molecule has 0 fully saturated rings. The minimum Gasteiger partial charge on any atom is -0.505 e. The van der Waals surface area contributed by atoms with Crippen LogP contribution in [0.2, 0.25) is 0 Å². The van der Waals surface area contributed by atoms with Crippen LogP contribution in [-0.2, 0) is 11.2 Å². The van der Waals surface area contributed by atoms with Crippen molar-refractivity contribution < 1.29 is 14.4 Å². The first-order valence-corrected chi connectivity index (χ1v) is 4.77. The van der Waals surface area contributed by atoms with E-state index in [4.69, 9.17) is 9.26 Å². The van der Waals surface area contributed by atoms with Gasteiger partial charge in [0.1, 0.15) is 5.75 Å². The van der Waals surface area contributed by atoms with Crippen LogP contribution >= 0.6 is 0 Å². The van der Waals surface area contributed by atoms with Gasteiger partial charge in [0, 0.05) is 19.7 Å². The molecule has 6 nitrogen and oxygen atoms in total. The Balaban J connectivity index is 2.22. The minimum atomic E-state index is 0.0180. The van der Waals surface area contributed by atoms with E-state index in [2.05, 4.69) is 15.1 Å². The van der Waals surface area contributed by atoms with Gasteiger partial charge in [-0.05, 0) is 12.1 Å². The highest BCUT2D eigenvalue weighted by atomic mass is 16.5. The number of methoxy groups -OCH3 is 1. The number of hydrogen-bond acceptors (Lipinski definition) is 6. The van der Waals surface area contributed by atoms with E-state index in [1.54, 1.807) is 19.4 Å². The summed E-state index contributed by atoms with van der Waals surface area (Å²) < 4.78 is 9.89. The number of rotatable bonds is 4. The van der Waals surface area contributed by atoms with Crippen LogP contribution in [0.1, 0.15) is 5.82 Å². The van der Waals surface area contributed by atoms with E-state index >= 15 is 0 Å². The smallest absolute Gasteiger partial charge is 0.280 e. The average molecular weight is 221 g/mol. The lowest BCUT2D eigenvalue weighted by molar-refractivity contribution is 0.199. The third-order valence-electron chi connectivity index (χ3n) is 1.99. The van der Waals surface area contributed by atoms with E-state index in [1.807, 2.05) is 0 Å². The van der Waals surface area contributed by atoms with Gasteiger partial charge in [0.15, 0.2) is 11.5 Å². The Hall–Kier alpha value is -1.95. The Morgan fingerprint density at radius 2 is 2.38 bits per heavy atom. The standard InChI is InChI=1S/C10H11N3O3/c1-15-6-4-8-12-10(16-13-8)9-7(14)3-2-5-11-9/h2-3,5,14H,4,6H2,1H3. The van der Waals surface area contributed by atoms with Crippen LogP contribution in [0.25, 0.3) is 11.6 Å². The quantitative estimate of drug-likeness (QED) is 0.830. The molecule has 1 N–H and O–H groups in total. The van der Waals surface area contributed by atoms with Crippen molar-refractivity contribution in [2.75, 3.05) is 13.7 Å². The zero-order valence-electron chi connectivity index (χ0n) is 8.75. The molecule has 2 heterocycles. The third-order valence-corrected chi connectivity index (χ3v) is 1.99. The van der Waals surface area contributed by atoms with E-state index in [-0.39, 0.29) is 11.6 Å². The molecule has 0 aromatic carbocycles. The van der Waals surface area contributed by atoms with Gasteiger partial charge < -0.3 is 14.4 Å². The molecule has 0 amide bonds. The molecule has 0 saturated heterocycles. The summed E-state index contributed by atoms with van der Waals surface area (Å²) in [4.78, 5) is 8.06. The Morgan fingerprint density at radius 3 is 3.12 bits per heavy atom. The maximum absolute atomic E-state index is 9.53. The van der Waals surface area contributed by atoms with Crippen LogP contribution in [0, 0.1) is 0 Å². The molecule has 0 saturated carbocycles. The van der Waals surface area contributed by atoms with Crippen LogP contribution in [-0.4, -0.2) is 33.9 Å². The van der Waals surface area contributed by atoms with Crippen molar-refractivity contribution in [2.45, 2.75) is 6.42 Å². The van der Waals surface area contributed by atoms with Gasteiger partial charge >= 0.3 is 0 Å². The highest BCUT2D eigenvalue weighted by molar-refractivity contribution is 5.55. The van der Waals surface area contributed by atoms with Crippen molar-refractivity contribution >= 4 is 0 Å². The molecule has 2 aromatic heterocycles. The van der Waals surface area contributed by atoms with Crippen LogP contribution in [0.4, 0.5) is 0 Å². The summed E-state index contributed by atoms with van der Waals surface area (Å²) in [5, 5.41) is 13.3. The predicted molar refractivity (Wildman–Crippen MR) is 54.8 cm³/mol. The molecule has 0 bridgehead atoms. The van der Waals surface area contributed by atoms with E-state index in [0.29, 0.717) is 24.5 Å². The van der Waals surface area contributed by atoms with Gasteiger partial charge in [0.25, 0.3) is 5.89 Å². The van der Waals surface area contributed by atoms with E-state index in [0.717, 1.165) is 0 Å². The Bertz CT molecular complexity index is 470. The number of nitrogens with zero attached hydrogens (tertiary/aromatic N) is 3. The monoisotopic (exact) mass is 221 g/mol. The van der Waals surface area contributed by atoms with Gasteiger partial charge in [-0.3, -0.25) is 0 Å². The first-order chi connectivity index (χ1) is 7.81. The molecule has 0 spiro atoms. The molecular weight excluding hydrogens is 210 g/mol. The molecule has 2 rings (SSSR count). The summed E-state index contributed by atoms with van der Waals surface area (Å²) in [7, 11) is 1.60. The summed E-state index contributed by atoms with van der Waals surface area (Å²) >= 11 is 0.